The highest BCUT2D eigenvalue weighted by Gasteiger charge is 2.58. The summed E-state index contributed by atoms with van der Waals surface area (Å²) in [6.07, 6.45) is 1.08. The lowest BCUT2D eigenvalue weighted by Crippen LogP contribution is -2.29. The molecule has 1 heterocycles. The number of hydrogen-bond acceptors (Lipinski definition) is 4. The number of nitrogens with one attached hydrogen (secondary N) is 1. The fraction of sp³-hybridized carbons (Fsp3) is 0.346. The third kappa shape index (κ3) is 3.93. The van der Waals surface area contributed by atoms with Crippen LogP contribution in [0.3, 0.4) is 0 Å². The molecule has 7 heteroatoms. The zero-order valence-electron chi connectivity index (χ0n) is 18.0. The van der Waals surface area contributed by atoms with Crippen LogP contribution in [0.1, 0.15) is 29.9 Å². The van der Waals surface area contributed by atoms with E-state index in [1.165, 1.54) is 4.90 Å². The van der Waals surface area contributed by atoms with Gasteiger partial charge in [-0.2, -0.15) is 0 Å². The van der Waals surface area contributed by atoms with E-state index >= 15 is 0 Å². The van der Waals surface area contributed by atoms with Gasteiger partial charge in [-0.25, -0.2) is 4.79 Å². The highest BCUT2D eigenvalue weighted by atomic mass is 16.5. The van der Waals surface area contributed by atoms with Gasteiger partial charge in [0.05, 0.1) is 12.5 Å². The van der Waals surface area contributed by atoms with Crippen molar-refractivity contribution in [3.8, 4) is 23.0 Å². The second-order valence-electron chi connectivity index (χ2n) is 8.92. The number of carbonyl (C=O) groups excluding carboxylic acids is 2. The standard InChI is InChI=1S/C26H24N2O5/c29-23(28-14-22(24(30)31)26(16-28)11-12-26)10-5-13-27-25(32)33-15-21-19-8-3-1-6-17(19)18-7-2-4-9-20(18)21/h1-4,6-9,21-22H,11-16H2,(H,27,32)(H,30,31). The first-order chi connectivity index (χ1) is 16.0. The van der Waals surface area contributed by atoms with Crippen molar-refractivity contribution in [2.24, 2.45) is 11.3 Å². The molecule has 2 N–H and O–H groups in total. The van der Waals surface area contributed by atoms with Gasteiger partial charge in [-0.15, -0.1) is 0 Å². The first-order valence-electron chi connectivity index (χ1n) is 11.1. The molecule has 3 aliphatic rings. The number of ether oxygens (including phenoxy) is 1. The van der Waals surface area contributed by atoms with Crippen LogP contribution in [0.15, 0.2) is 48.5 Å². The van der Waals surface area contributed by atoms with Crippen LogP contribution in [-0.2, 0) is 14.3 Å². The van der Waals surface area contributed by atoms with Gasteiger partial charge in [0, 0.05) is 24.4 Å². The third-order valence-corrected chi connectivity index (χ3v) is 6.99. The summed E-state index contributed by atoms with van der Waals surface area (Å²) >= 11 is 0. The Hall–Kier alpha value is -3.79. The number of carbonyl (C=O) groups is 3. The molecule has 0 aromatic heterocycles. The first kappa shape index (κ1) is 21.1. The zero-order valence-corrected chi connectivity index (χ0v) is 18.0. The molecule has 1 spiro atoms. The summed E-state index contributed by atoms with van der Waals surface area (Å²) in [7, 11) is 0. The van der Waals surface area contributed by atoms with Crippen molar-refractivity contribution < 1.29 is 24.2 Å². The molecule has 1 saturated carbocycles. The van der Waals surface area contributed by atoms with Crippen molar-refractivity contribution in [1.29, 1.82) is 0 Å². The second-order valence-corrected chi connectivity index (χ2v) is 8.92. The molecular formula is C26H24N2O5. The average molecular weight is 444 g/mol. The molecule has 1 unspecified atom stereocenters. The van der Waals surface area contributed by atoms with E-state index in [0.717, 1.165) is 35.1 Å². The molecule has 2 amide bonds. The van der Waals surface area contributed by atoms with E-state index < -0.39 is 23.9 Å². The minimum atomic E-state index is -0.854. The van der Waals surface area contributed by atoms with E-state index in [1.54, 1.807) is 0 Å². The van der Waals surface area contributed by atoms with Crippen LogP contribution >= 0.6 is 0 Å². The molecule has 0 radical (unpaired) electrons. The molecule has 1 atom stereocenters. The third-order valence-electron chi connectivity index (χ3n) is 6.99. The largest absolute Gasteiger partial charge is 0.481 e. The summed E-state index contributed by atoms with van der Waals surface area (Å²) in [5, 5.41) is 11.9. The van der Waals surface area contributed by atoms with Gasteiger partial charge < -0.3 is 20.1 Å². The van der Waals surface area contributed by atoms with Crippen LogP contribution in [-0.4, -0.2) is 54.2 Å². The molecule has 1 aliphatic heterocycles. The van der Waals surface area contributed by atoms with Crippen molar-refractivity contribution in [1.82, 2.24) is 10.2 Å². The quantitative estimate of drug-likeness (QED) is 0.707. The Morgan fingerprint density at radius 2 is 1.70 bits per heavy atom. The lowest BCUT2D eigenvalue weighted by molar-refractivity contribution is -0.143. The van der Waals surface area contributed by atoms with Gasteiger partial charge in [-0.05, 0) is 41.0 Å². The highest BCUT2D eigenvalue weighted by Crippen LogP contribution is 2.56. The summed E-state index contributed by atoms with van der Waals surface area (Å²) in [5.74, 6) is 3.35. The summed E-state index contributed by atoms with van der Waals surface area (Å²) in [5.41, 5.74) is 4.33. The fourth-order valence-corrected chi connectivity index (χ4v) is 5.10. The van der Waals surface area contributed by atoms with Gasteiger partial charge in [0.25, 0.3) is 5.91 Å². The maximum absolute atomic E-state index is 12.3. The van der Waals surface area contributed by atoms with Crippen LogP contribution in [0.5, 0.6) is 0 Å². The molecule has 0 bridgehead atoms. The van der Waals surface area contributed by atoms with Gasteiger partial charge in [0.15, 0.2) is 0 Å². The van der Waals surface area contributed by atoms with Crippen LogP contribution in [0.2, 0.25) is 0 Å². The predicted octanol–water partition coefficient (Wildman–Crippen LogP) is 2.85. The SMILES string of the molecule is O=C(NCC#CC(=O)N1CC(C(=O)O)C2(CC2)C1)OCC1c2ccccc2-c2ccccc21. The normalized spacial score (nSPS) is 19.3. The van der Waals surface area contributed by atoms with Gasteiger partial charge in [0.1, 0.15) is 6.61 Å². The van der Waals surface area contributed by atoms with Gasteiger partial charge in [0.2, 0.25) is 0 Å². The maximum atomic E-state index is 12.3. The number of amides is 2. The number of nitrogens with zero attached hydrogens (tertiary/aromatic N) is 1. The Bertz CT molecular complexity index is 1140. The number of likely N-dealkylation sites (tertiary alicyclic amines) is 1. The molecule has 2 aromatic carbocycles. The fourth-order valence-electron chi connectivity index (χ4n) is 5.10. The number of benzene rings is 2. The summed E-state index contributed by atoms with van der Waals surface area (Å²) in [4.78, 5) is 37.4. The van der Waals surface area contributed by atoms with Crippen molar-refractivity contribution >= 4 is 18.0 Å². The lowest BCUT2D eigenvalue weighted by Gasteiger charge is -2.14. The Balaban J connectivity index is 1.12. The number of rotatable bonds is 4. The minimum absolute atomic E-state index is 0.0241. The molecular weight excluding hydrogens is 420 g/mol. The molecule has 168 valence electrons. The molecule has 1 saturated heterocycles. The summed E-state index contributed by atoms with van der Waals surface area (Å²) < 4.78 is 5.44. The number of aliphatic carboxylic acids is 1. The van der Waals surface area contributed by atoms with Gasteiger partial charge in [-0.3, -0.25) is 9.59 Å². The molecule has 2 aromatic rings. The van der Waals surface area contributed by atoms with Crippen molar-refractivity contribution in [2.75, 3.05) is 26.2 Å². The second kappa shape index (κ2) is 8.28. The number of alkyl carbamates (subject to hydrolysis) is 1. The van der Waals surface area contributed by atoms with E-state index in [0.29, 0.717) is 6.54 Å². The number of carboxylic acid groups (broad SMARTS) is 1. The Kier molecular flexibility index (Phi) is 5.29. The Morgan fingerprint density at radius 1 is 1.06 bits per heavy atom. The monoisotopic (exact) mass is 444 g/mol. The van der Waals surface area contributed by atoms with E-state index in [9.17, 15) is 19.5 Å². The number of fused-ring (bicyclic) bond motifs is 3. The molecule has 33 heavy (non-hydrogen) atoms. The van der Waals surface area contributed by atoms with Crippen LogP contribution in [0.25, 0.3) is 11.1 Å². The van der Waals surface area contributed by atoms with Crippen LogP contribution < -0.4 is 5.32 Å². The smallest absolute Gasteiger partial charge is 0.407 e. The van der Waals surface area contributed by atoms with Gasteiger partial charge in [-0.1, -0.05) is 54.5 Å². The highest BCUT2D eigenvalue weighted by molar-refractivity contribution is 5.94. The van der Waals surface area contributed by atoms with E-state index in [1.807, 2.05) is 24.3 Å². The van der Waals surface area contributed by atoms with Crippen molar-refractivity contribution in [3.63, 3.8) is 0 Å². The van der Waals surface area contributed by atoms with Crippen LogP contribution in [0, 0.1) is 23.2 Å². The Labute approximate surface area is 191 Å². The minimum Gasteiger partial charge on any atom is -0.481 e. The Morgan fingerprint density at radius 3 is 2.27 bits per heavy atom. The molecule has 2 fully saturated rings. The number of hydrogen-bond donors (Lipinski definition) is 2. The van der Waals surface area contributed by atoms with E-state index in [2.05, 4.69) is 41.4 Å². The summed E-state index contributed by atoms with van der Waals surface area (Å²) in [6, 6.07) is 16.2. The summed E-state index contributed by atoms with van der Waals surface area (Å²) in [6.45, 7) is 0.822. The van der Waals surface area contributed by atoms with Crippen molar-refractivity contribution in [2.45, 2.75) is 18.8 Å². The molecule has 2 aliphatic carbocycles. The average Bonchev–Trinajstić information content (AvgIpc) is 3.36. The zero-order chi connectivity index (χ0) is 23.0. The molecule has 5 rings (SSSR count). The first-order valence-corrected chi connectivity index (χ1v) is 11.1. The number of carboxylic acids is 1. The lowest BCUT2D eigenvalue weighted by atomic mass is 9.93. The predicted molar refractivity (Wildman–Crippen MR) is 120 cm³/mol. The van der Waals surface area contributed by atoms with E-state index in [-0.39, 0.29) is 31.0 Å². The van der Waals surface area contributed by atoms with Gasteiger partial charge >= 0.3 is 12.1 Å². The van der Waals surface area contributed by atoms with E-state index in [4.69, 9.17) is 4.74 Å². The maximum Gasteiger partial charge on any atom is 0.407 e. The topological polar surface area (TPSA) is 95.9 Å². The van der Waals surface area contributed by atoms with Crippen LogP contribution in [0.4, 0.5) is 4.79 Å². The molecule has 7 nitrogen and oxygen atoms in total. The van der Waals surface area contributed by atoms with Crippen molar-refractivity contribution in [3.05, 3.63) is 59.7 Å².